The van der Waals surface area contributed by atoms with Crippen molar-refractivity contribution in [2.75, 3.05) is 0 Å². The van der Waals surface area contributed by atoms with Crippen LogP contribution in [-0.4, -0.2) is 0 Å². The molecule has 2 aromatic carbocycles. The van der Waals surface area contributed by atoms with Crippen molar-refractivity contribution in [1.82, 2.24) is 0 Å². The van der Waals surface area contributed by atoms with Gasteiger partial charge in [0.2, 0.25) is 0 Å². The molecule has 0 saturated carbocycles. The van der Waals surface area contributed by atoms with E-state index in [1.165, 1.54) is 6.07 Å². The van der Waals surface area contributed by atoms with Crippen molar-refractivity contribution in [3.8, 4) is 11.5 Å². The highest BCUT2D eigenvalue weighted by molar-refractivity contribution is 14.1. The Kier molecular flexibility index (Phi) is 4.25. The van der Waals surface area contributed by atoms with E-state index in [4.69, 9.17) is 16.3 Å². The molecule has 0 fully saturated rings. The average molecular weight is 399 g/mol. The number of ether oxygens (including phenoxy) is 1. The molecule has 0 aromatic heterocycles. The lowest BCUT2D eigenvalue weighted by Crippen LogP contribution is -2.04. The first-order chi connectivity index (χ1) is 8.86. The van der Waals surface area contributed by atoms with Crippen LogP contribution in [0, 0.1) is 3.57 Å². The Labute approximate surface area is 126 Å². The lowest BCUT2D eigenvalue weighted by atomic mass is 10.2. The quantitative estimate of drug-likeness (QED) is 0.585. The van der Waals surface area contributed by atoms with Crippen LogP contribution in [0.3, 0.4) is 0 Å². The second-order valence-electron chi connectivity index (χ2n) is 3.70. The Balaban J connectivity index is 2.24. The van der Waals surface area contributed by atoms with Crippen LogP contribution in [0.25, 0.3) is 0 Å². The first-order valence-electron chi connectivity index (χ1n) is 5.16. The summed E-state index contributed by atoms with van der Waals surface area (Å²) in [6.45, 7) is 0. The summed E-state index contributed by atoms with van der Waals surface area (Å²) < 4.78 is 43.9. The molecule has 0 bridgehead atoms. The van der Waals surface area contributed by atoms with E-state index >= 15 is 0 Å². The van der Waals surface area contributed by atoms with E-state index in [9.17, 15) is 13.2 Å². The predicted octanol–water partition coefficient (Wildman–Crippen LogP) is 5.76. The molecule has 0 atom stereocenters. The van der Waals surface area contributed by atoms with Gasteiger partial charge in [-0.3, -0.25) is 0 Å². The van der Waals surface area contributed by atoms with E-state index in [-0.39, 0.29) is 10.8 Å². The minimum atomic E-state index is -4.41. The summed E-state index contributed by atoms with van der Waals surface area (Å²) in [6.07, 6.45) is -4.41. The minimum Gasteiger partial charge on any atom is -0.456 e. The molecule has 0 aliphatic rings. The van der Waals surface area contributed by atoms with Crippen LogP contribution in [0.5, 0.6) is 11.5 Å². The molecule has 0 aliphatic carbocycles. The predicted molar refractivity (Wildman–Crippen MR) is 75.7 cm³/mol. The Morgan fingerprint density at radius 3 is 2.16 bits per heavy atom. The maximum Gasteiger partial charge on any atom is 0.416 e. The molecule has 0 spiro atoms. The van der Waals surface area contributed by atoms with Gasteiger partial charge in [-0.25, -0.2) is 0 Å². The van der Waals surface area contributed by atoms with Gasteiger partial charge >= 0.3 is 6.18 Å². The zero-order valence-electron chi connectivity index (χ0n) is 9.34. The molecular formula is C13H7ClF3IO. The fraction of sp³-hybridized carbons (Fsp3) is 0.0769. The van der Waals surface area contributed by atoms with Crippen molar-refractivity contribution < 1.29 is 17.9 Å². The van der Waals surface area contributed by atoms with Gasteiger partial charge < -0.3 is 4.74 Å². The van der Waals surface area contributed by atoms with Crippen molar-refractivity contribution in [3.63, 3.8) is 0 Å². The SMILES string of the molecule is FC(F)(F)c1ccc(Oc2ccc(I)cc2)c(Cl)c1. The van der Waals surface area contributed by atoms with Crippen LogP contribution in [0.1, 0.15) is 5.56 Å². The average Bonchev–Trinajstić information content (AvgIpc) is 2.33. The Bertz CT molecular complexity index is 581. The Morgan fingerprint density at radius 1 is 1.00 bits per heavy atom. The summed E-state index contributed by atoms with van der Waals surface area (Å²) in [5.74, 6) is 0.706. The standard InChI is InChI=1S/C13H7ClF3IO/c14-11-7-8(13(15,16)17)1-6-12(11)19-10-4-2-9(18)3-5-10/h1-7H. The van der Waals surface area contributed by atoms with Crippen LogP contribution in [0.4, 0.5) is 13.2 Å². The van der Waals surface area contributed by atoms with E-state index in [1.807, 2.05) is 12.1 Å². The number of benzene rings is 2. The molecule has 2 rings (SSSR count). The normalized spacial score (nSPS) is 11.4. The van der Waals surface area contributed by atoms with Crippen molar-refractivity contribution in [2.45, 2.75) is 6.18 Å². The number of alkyl halides is 3. The Hall–Kier alpha value is -0.950. The van der Waals surface area contributed by atoms with Crippen molar-refractivity contribution in [2.24, 2.45) is 0 Å². The minimum absolute atomic E-state index is 0.0756. The third-order valence-electron chi connectivity index (χ3n) is 2.30. The summed E-state index contributed by atoms with van der Waals surface area (Å²) >= 11 is 7.93. The van der Waals surface area contributed by atoms with Crippen molar-refractivity contribution in [1.29, 1.82) is 0 Å². The van der Waals surface area contributed by atoms with Gasteiger partial charge in [0, 0.05) is 3.57 Å². The molecule has 1 nitrogen and oxygen atoms in total. The summed E-state index contributed by atoms with van der Waals surface area (Å²) in [6, 6.07) is 10.1. The second-order valence-corrected chi connectivity index (χ2v) is 5.35. The molecule has 0 saturated heterocycles. The molecule has 0 heterocycles. The molecule has 0 aliphatic heterocycles. The first kappa shape index (κ1) is 14.5. The van der Waals surface area contributed by atoms with Crippen molar-refractivity contribution in [3.05, 3.63) is 56.6 Å². The van der Waals surface area contributed by atoms with Gasteiger partial charge in [0.1, 0.15) is 11.5 Å². The van der Waals surface area contributed by atoms with Crippen LogP contribution in [-0.2, 0) is 6.18 Å². The van der Waals surface area contributed by atoms with Gasteiger partial charge in [-0.15, -0.1) is 0 Å². The van der Waals surface area contributed by atoms with Crippen molar-refractivity contribution >= 4 is 34.2 Å². The van der Waals surface area contributed by atoms with E-state index < -0.39 is 11.7 Å². The lowest BCUT2D eigenvalue weighted by Gasteiger charge is -2.11. The summed E-state index contributed by atoms with van der Waals surface area (Å²) in [5.41, 5.74) is -0.799. The van der Waals surface area contributed by atoms with E-state index in [2.05, 4.69) is 22.6 Å². The molecule has 2 aromatic rings. The number of hydrogen-bond donors (Lipinski definition) is 0. The molecular weight excluding hydrogens is 391 g/mol. The molecule has 19 heavy (non-hydrogen) atoms. The van der Waals surface area contributed by atoms with Crippen LogP contribution < -0.4 is 4.74 Å². The number of rotatable bonds is 2. The molecule has 0 unspecified atom stereocenters. The summed E-state index contributed by atoms with van der Waals surface area (Å²) in [4.78, 5) is 0. The zero-order valence-corrected chi connectivity index (χ0v) is 12.3. The molecule has 6 heteroatoms. The third kappa shape index (κ3) is 3.76. The largest absolute Gasteiger partial charge is 0.456 e. The van der Waals surface area contributed by atoms with E-state index in [0.29, 0.717) is 5.75 Å². The first-order valence-corrected chi connectivity index (χ1v) is 6.62. The maximum absolute atomic E-state index is 12.5. The van der Waals surface area contributed by atoms with Gasteiger partial charge in [0.25, 0.3) is 0 Å². The third-order valence-corrected chi connectivity index (χ3v) is 3.32. The molecule has 0 amide bonds. The van der Waals surface area contributed by atoms with Crippen LogP contribution >= 0.6 is 34.2 Å². The second kappa shape index (κ2) is 5.58. The maximum atomic E-state index is 12.5. The van der Waals surface area contributed by atoms with Gasteiger partial charge in [-0.05, 0) is 65.1 Å². The number of halogens is 5. The van der Waals surface area contributed by atoms with Crippen LogP contribution in [0.2, 0.25) is 5.02 Å². The fourth-order valence-electron chi connectivity index (χ4n) is 1.39. The van der Waals surface area contributed by atoms with Crippen LogP contribution in [0.15, 0.2) is 42.5 Å². The van der Waals surface area contributed by atoms with Gasteiger partial charge in [0.15, 0.2) is 0 Å². The van der Waals surface area contributed by atoms with E-state index in [0.717, 1.165) is 15.7 Å². The lowest BCUT2D eigenvalue weighted by molar-refractivity contribution is -0.137. The van der Waals surface area contributed by atoms with Gasteiger partial charge in [0.05, 0.1) is 10.6 Å². The molecule has 100 valence electrons. The smallest absolute Gasteiger partial charge is 0.416 e. The highest BCUT2D eigenvalue weighted by atomic mass is 127. The van der Waals surface area contributed by atoms with Gasteiger partial charge in [-0.2, -0.15) is 13.2 Å². The fourth-order valence-corrected chi connectivity index (χ4v) is 1.97. The summed E-state index contributed by atoms with van der Waals surface area (Å²) in [7, 11) is 0. The molecule has 0 radical (unpaired) electrons. The highest BCUT2D eigenvalue weighted by Crippen LogP contribution is 2.36. The van der Waals surface area contributed by atoms with Gasteiger partial charge in [-0.1, -0.05) is 11.6 Å². The monoisotopic (exact) mass is 398 g/mol. The summed E-state index contributed by atoms with van der Waals surface area (Å²) in [5, 5.41) is -0.0756. The number of hydrogen-bond acceptors (Lipinski definition) is 1. The topological polar surface area (TPSA) is 9.23 Å². The molecule has 0 N–H and O–H groups in total. The zero-order chi connectivity index (χ0) is 14.0. The van der Waals surface area contributed by atoms with E-state index in [1.54, 1.807) is 12.1 Å². The highest BCUT2D eigenvalue weighted by Gasteiger charge is 2.31. The Morgan fingerprint density at radius 2 is 1.63 bits per heavy atom.